The van der Waals surface area contributed by atoms with Gasteiger partial charge in [-0.3, -0.25) is 0 Å². The highest BCUT2D eigenvalue weighted by molar-refractivity contribution is 6.04. The summed E-state index contributed by atoms with van der Waals surface area (Å²) in [5, 5.41) is 0. The number of hydrogen-bond acceptors (Lipinski definition) is 4. The molecule has 0 aliphatic rings. The quantitative estimate of drug-likeness (QED) is 0.490. The van der Waals surface area contributed by atoms with Crippen molar-refractivity contribution in [2.45, 2.75) is 13.8 Å². The van der Waals surface area contributed by atoms with Gasteiger partial charge in [-0.2, -0.15) is 0 Å². The van der Waals surface area contributed by atoms with Gasteiger partial charge in [0.25, 0.3) is 0 Å². The molecule has 0 saturated carbocycles. The van der Waals surface area contributed by atoms with E-state index < -0.39 is 11.9 Å². The lowest BCUT2D eigenvalue weighted by atomic mass is 10.1. The third-order valence-corrected chi connectivity index (χ3v) is 4.57. The van der Waals surface area contributed by atoms with Crippen LogP contribution in [0.15, 0.2) is 60.9 Å². The number of carbonyl (C=O) groups is 2. The van der Waals surface area contributed by atoms with Crippen molar-refractivity contribution in [2.24, 2.45) is 0 Å². The lowest BCUT2D eigenvalue weighted by molar-refractivity contribution is 0.0515. The van der Waals surface area contributed by atoms with E-state index >= 15 is 0 Å². The van der Waals surface area contributed by atoms with Crippen molar-refractivity contribution in [2.75, 3.05) is 13.2 Å². The minimum Gasteiger partial charge on any atom is -0.462 e. The Labute approximate surface area is 161 Å². The van der Waals surface area contributed by atoms with Gasteiger partial charge in [0, 0.05) is 23.4 Å². The molecule has 0 saturated heterocycles. The lowest BCUT2D eigenvalue weighted by Gasteiger charge is -2.10. The van der Waals surface area contributed by atoms with E-state index in [9.17, 15) is 9.59 Å². The van der Waals surface area contributed by atoms with Crippen molar-refractivity contribution < 1.29 is 19.1 Å². The Hall–Kier alpha value is -3.54. The van der Waals surface area contributed by atoms with E-state index in [-0.39, 0.29) is 13.2 Å². The van der Waals surface area contributed by atoms with E-state index in [1.807, 2.05) is 57.6 Å². The Balaban J connectivity index is 2.09. The fraction of sp³-hybridized carbons (Fsp3) is 0.182. The molecule has 0 aromatic carbocycles. The van der Waals surface area contributed by atoms with Crippen LogP contribution < -0.4 is 0 Å². The topological polar surface area (TPSA) is 61.4 Å². The van der Waals surface area contributed by atoms with Gasteiger partial charge in [0.15, 0.2) is 0 Å². The fourth-order valence-electron chi connectivity index (χ4n) is 3.46. The molecule has 0 fully saturated rings. The van der Waals surface area contributed by atoms with Crippen molar-refractivity contribution in [3.05, 3.63) is 72.1 Å². The zero-order valence-electron chi connectivity index (χ0n) is 15.7. The number of rotatable bonds is 5. The van der Waals surface area contributed by atoms with Gasteiger partial charge in [0.2, 0.25) is 0 Å². The highest BCUT2D eigenvalue weighted by atomic mass is 16.5. The van der Waals surface area contributed by atoms with Crippen LogP contribution in [0.5, 0.6) is 0 Å². The maximum Gasteiger partial charge on any atom is 0.340 e. The SMILES string of the molecule is CCOC(=O)c1cc2ccccn2c1-c1c(C(=O)OCC)cc2ccccn12. The first-order valence-electron chi connectivity index (χ1n) is 9.20. The molecule has 4 rings (SSSR count). The van der Waals surface area contributed by atoms with Crippen LogP contribution >= 0.6 is 0 Å². The Morgan fingerprint density at radius 3 is 1.57 bits per heavy atom. The summed E-state index contributed by atoms with van der Waals surface area (Å²) >= 11 is 0. The van der Waals surface area contributed by atoms with Crippen molar-refractivity contribution >= 4 is 23.0 Å². The first kappa shape index (κ1) is 17.9. The van der Waals surface area contributed by atoms with Crippen molar-refractivity contribution in [1.82, 2.24) is 8.80 Å². The molecule has 0 bridgehead atoms. The van der Waals surface area contributed by atoms with Gasteiger partial charge in [-0.1, -0.05) is 12.1 Å². The monoisotopic (exact) mass is 376 g/mol. The van der Waals surface area contributed by atoms with Crippen LogP contribution in [0.4, 0.5) is 0 Å². The molecular formula is C22H20N2O4. The van der Waals surface area contributed by atoms with E-state index in [4.69, 9.17) is 9.47 Å². The van der Waals surface area contributed by atoms with E-state index in [1.165, 1.54) is 0 Å². The average Bonchev–Trinajstić information content (AvgIpc) is 3.26. The van der Waals surface area contributed by atoms with Crippen LogP contribution in [0.3, 0.4) is 0 Å². The zero-order valence-corrected chi connectivity index (χ0v) is 15.7. The Bertz CT molecular complexity index is 1090. The van der Waals surface area contributed by atoms with Crippen molar-refractivity contribution in [3.8, 4) is 11.4 Å². The Kier molecular flexibility index (Phi) is 4.61. The van der Waals surface area contributed by atoms with E-state index in [1.54, 1.807) is 26.0 Å². The van der Waals surface area contributed by atoms with Gasteiger partial charge in [0.05, 0.1) is 35.7 Å². The molecule has 142 valence electrons. The van der Waals surface area contributed by atoms with E-state index in [0.29, 0.717) is 22.5 Å². The number of esters is 2. The summed E-state index contributed by atoms with van der Waals surface area (Å²) in [6, 6.07) is 14.9. The number of aromatic nitrogens is 2. The fourth-order valence-corrected chi connectivity index (χ4v) is 3.46. The number of ether oxygens (including phenoxy) is 2. The van der Waals surface area contributed by atoms with Crippen molar-refractivity contribution in [1.29, 1.82) is 0 Å². The normalized spacial score (nSPS) is 11.1. The zero-order chi connectivity index (χ0) is 19.7. The second kappa shape index (κ2) is 7.23. The molecule has 0 radical (unpaired) electrons. The number of carbonyl (C=O) groups excluding carboxylic acids is 2. The summed E-state index contributed by atoms with van der Waals surface area (Å²) in [7, 11) is 0. The Morgan fingerprint density at radius 2 is 1.18 bits per heavy atom. The summed E-state index contributed by atoms with van der Waals surface area (Å²) in [6.07, 6.45) is 3.73. The lowest BCUT2D eigenvalue weighted by Crippen LogP contribution is -2.10. The second-order valence-corrected chi connectivity index (χ2v) is 6.25. The number of fused-ring (bicyclic) bond motifs is 2. The van der Waals surface area contributed by atoms with E-state index in [2.05, 4.69) is 0 Å². The minimum atomic E-state index is -0.429. The van der Waals surface area contributed by atoms with Crippen LogP contribution in [-0.2, 0) is 9.47 Å². The molecule has 6 nitrogen and oxygen atoms in total. The largest absolute Gasteiger partial charge is 0.462 e. The molecule has 0 unspecified atom stereocenters. The van der Waals surface area contributed by atoms with Gasteiger partial charge >= 0.3 is 11.9 Å². The molecule has 6 heteroatoms. The van der Waals surface area contributed by atoms with Crippen LogP contribution in [0, 0.1) is 0 Å². The van der Waals surface area contributed by atoms with Crippen LogP contribution in [0.1, 0.15) is 34.6 Å². The molecule has 0 N–H and O–H groups in total. The molecule has 4 aromatic heterocycles. The molecule has 28 heavy (non-hydrogen) atoms. The second-order valence-electron chi connectivity index (χ2n) is 6.25. The molecule has 0 aliphatic carbocycles. The highest BCUT2D eigenvalue weighted by Crippen LogP contribution is 2.33. The molecule has 0 atom stereocenters. The molecule has 4 aromatic rings. The summed E-state index contributed by atoms with van der Waals surface area (Å²) in [6.45, 7) is 4.07. The smallest absolute Gasteiger partial charge is 0.340 e. The Morgan fingerprint density at radius 1 is 0.750 bits per heavy atom. The molecule has 0 spiro atoms. The molecule has 0 aliphatic heterocycles. The minimum absolute atomic E-state index is 0.268. The van der Waals surface area contributed by atoms with Gasteiger partial charge in [-0.05, 0) is 50.2 Å². The van der Waals surface area contributed by atoms with Crippen molar-refractivity contribution in [3.63, 3.8) is 0 Å². The maximum absolute atomic E-state index is 12.7. The predicted octanol–water partition coefficient (Wildman–Crippen LogP) is 4.21. The van der Waals surface area contributed by atoms with Crippen LogP contribution in [-0.4, -0.2) is 34.0 Å². The van der Waals surface area contributed by atoms with Gasteiger partial charge in [-0.25, -0.2) is 9.59 Å². The molecule has 0 amide bonds. The highest BCUT2D eigenvalue weighted by Gasteiger charge is 2.27. The number of pyridine rings is 2. The molecular weight excluding hydrogens is 356 g/mol. The van der Waals surface area contributed by atoms with Crippen LogP contribution in [0.2, 0.25) is 0 Å². The standard InChI is InChI=1S/C22H20N2O4/c1-3-27-21(25)17-13-15-9-5-7-11-23(15)19(17)20-18(22(26)28-4-2)14-16-10-6-8-12-24(16)20/h5-14H,3-4H2,1-2H3. The maximum atomic E-state index is 12.7. The summed E-state index contributed by atoms with van der Waals surface area (Å²) in [5.41, 5.74) is 3.68. The molecule has 4 heterocycles. The third kappa shape index (κ3) is 2.83. The van der Waals surface area contributed by atoms with Gasteiger partial charge in [0.1, 0.15) is 0 Å². The van der Waals surface area contributed by atoms with Gasteiger partial charge < -0.3 is 18.3 Å². The first-order valence-corrected chi connectivity index (χ1v) is 9.20. The summed E-state index contributed by atoms with van der Waals surface area (Å²) in [4.78, 5) is 25.4. The van der Waals surface area contributed by atoms with Gasteiger partial charge in [-0.15, -0.1) is 0 Å². The average molecular weight is 376 g/mol. The third-order valence-electron chi connectivity index (χ3n) is 4.57. The first-order chi connectivity index (χ1) is 13.7. The number of nitrogens with zero attached hydrogens (tertiary/aromatic N) is 2. The van der Waals surface area contributed by atoms with E-state index in [0.717, 1.165) is 11.0 Å². The summed E-state index contributed by atoms with van der Waals surface area (Å²) < 4.78 is 14.3. The summed E-state index contributed by atoms with van der Waals surface area (Å²) in [5.74, 6) is -0.858. The van der Waals surface area contributed by atoms with Crippen LogP contribution in [0.25, 0.3) is 22.4 Å². The number of hydrogen-bond donors (Lipinski definition) is 0. The predicted molar refractivity (Wildman–Crippen MR) is 106 cm³/mol.